The Morgan fingerprint density at radius 1 is 1.53 bits per heavy atom. The van der Waals surface area contributed by atoms with Crippen molar-refractivity contribution >= 4 is 11.8 Å². The molecule has 1 N–H and O–H groups in total. The summed E-state index contributed by atoms with van der Waals surface area (Å²) in [5.41, 5.74) is 0.0747. The van der Waals surface area contributed by atoms with Gasteiger partial charge in [0.1, 0.15) is 11.6 Å². The molecule has 5 nitrogen and oxygen atoms in total. The van der Waals surface area contributed by atoms with Gasteiger partial charge < -0.3 is 10.0 Å². The van der Waals surface area contributed by atoms with E-state index in [0.29, 0.717) is 11.7 Å². The van der Waals surface area contributed by atoms with Crippen LogP contribution in [0.2, 0.25) is 0 Å². The van der Waals surface area contributed by atoms with Crippen LogP contribution in [0.4, 0.5) is 5.82 Å². The van der Waals surface area contributed by atoms with Gasteiger partial charge in [0.2, 0.25) is 0 Å². The van der Waals surface area contributed by atoms with Crippen LogP contribution in [-0.4, -0.2) is 34.1 Å². The summed E-state index contributed by atoms with van der Waals surface area (Å²) in [6, 6.07) is 1.56. The van der Waals surface area contributed by atoms with Gasteiger partial charge in [-0.1, -0.05) is 6.92 Å². The molecule has 0 bridgehead atoms. The van der Waals surface area contributed by atoms with E-state index in [1.165, 1.54) is 6.42 Å². The van der Waals surface area contributed by atoms with Crippen molar-refractivity contribution in [2.45, 2.75) is 26.7 Å². The lowest BCUT2D eigenvalue weighted by atomic mass is 10.0. The molecule has 1 saturated heterocycles. The van der Waals surface area contributed by atoms with Crippen LogP contribution in [0.15, 0.2) is 6.07 Å². The van der Waals surface area contributed by atoms with E-state index in [1.54, 1.807) is 13.0 Å². The van der Waals surface area contributed by atoms with Gasteiger partial charge in [0.05, 0.1) is 0 Å². The number of hydrogen-bond donors (Lipinski definition) is 1. The second-order valence-electron chi connectivity index (χ2n) is 4.66. The maximum atomic E-state index is 10.9. The van der Waals surface area contributed by atoms with Gasteiger partial charge in [0, 0.05) is 19.2 Å². The summed E-state index contributed by atoms with van der Waals surface area (Å²) in [6.07, 6.45) is 2.36. The first kappa shape index (κ1) is 11.8. The quantitative estimate of drug-likeness (QED) is 0.845. The van der Waals surface area contributed by atoms with Crippen LogP contribution in [-0.2, 0) is 0 Å². The first-order valence-corrected chi connectivity index (χ1v) is 5.90. The molecule has 2 rings (SSSR count). The topological polar surface area (TPSA) is 66.3 Å². The molecule has 0 aliphatic carbocycles. The number of aromatic carboxylic acids is 1. The molecule has 1 aromatic rings. The molecule has 1 aliphatic heterocycles. The van der Waals surface area contributed by atoms with Gasteiger partial charge in [0.25, 0.3) is 0 Å². The summed E-state index contributed by atoms with van der Waals surface area (Å²) in [6.45, 7) is 5.82. The highest BCUT2D eigenvalue weighted by atomic mass is 16.4. The van der Waals surface area contributed by atoms with Gasteiger partial charge in [-0.3, -0.25) is 0 Å². The molecule has 0 aromatic carbocycles. The highest BCUT2D eigenvalue weighted by Gasteiger charge is 2.19. The second kappa shape index (κ2) is 4.69. The monoisotopic (exact) mass is 235 g/mol. The summed E-state index contributed by atoms with van der Waals surface area (Å²) < 4.78 is 0. The zero-order valence-corrected chi connectivity index (χ0v) is 10.2. The number of rotatable bonds is 2. The van der Waals surface area contributed by atoms with Crippen LogP contribution >= 0.6 is 0 Å². The van der Waals surface area contributed by atoms with Crippen molar-refractivity contribution in [3.8, 4) is 0 Å². The molecule has 1 unspecified atom stereocenters. The Morgan fingerprint density at radius 3 is 2.94 bits per heavy atom. The predicted octanol–water partition coefficient (Wildman–Crippen LogP) is 1.72. The van der Waals surface area contributed by atoms with Gasteiger partial charge in [-0.2, -0.15) is 0 Å². The van der Waals surface area contributed by atoms with E-state index < -0.39 is 5.97 Å². The summed E-state index contributed by atoms with van der Waals surface area (Å²) >= 11 is 0. The molecule has 2 heterocycles. The smallest absolute Gasteiger partial charge is 0.354 e. The molecular weight excluding hydrogens is 218 g/mol. The molecule has 0 radical (unpaired) electrons. The van der Waals surface area contributed by atoms with Crippen molar-refractivity contribution in [1.82, 2.24) is 9.97 Å². The third kappa shape index (κ3) is 2.72. The van der Waals surface area contributed by atoms with Crippen molar-refractivity contribution in [3.05, 3.63) is 17.6 Å². The summed E-state index contributed by atoms with van der Waals surface area (Å²) in [5.74, 6) is 0.883. The maximum Gasteiger partial charge on any atom is 0.354 e. The lowest BCUT2D eigenvalue weighted by Gasteiger charge is -2.31. The highest BCUT2D eigenvalue weighted by molar-refractivity contribution is 5.86. The Balaban J connectivity index is 2.28. The van der Waals surface area contributed by atoms with E-state index in [0.717, 1.165) is 25.3 Å². The number of piperidine rings is 1. The SMILES string of the molecule is Cc1nc(C(=O)O)cc(N2CCCC(C)C2)n1. The average Bonchev–Trinajstić information content (AvgIpc) is 2.28. The van der Waals surface area contributed by atoms with Crippen molar-refractivity contribution in [2.24, 2.45) is 5.92 Å². The van der Waals surface area contributed by atoms with E-state index in [9.17, 15) is 4.79 Å². The lowest BCUT2D eigenvalue weighted by Crippen LogP contribution is -2.35. The van der Waals surface area contributed by atoms with Crippen molar-refractivity contribution < 1.29 is 9.90 Å². The zero-order chi connectivity index (χ0) is 12.4. The molecule has 92 valence electrons. The summed E-state index contributed by atoms with van der Waals surface area (Å²) in [5, 5.41) is 8.98. The van der Waals surface area contributed by atoms with Gasteiger partial charge in [0.15, 0.2) is 5.69 Å². The molecule has 1 aromatic heterocycles. The maximum absolute atomic E-state index is 10.9. The third-order valence-electron chi connectivity index (χ3n) is 3.02. The Morgan fingerprint density at radius 2 is 2.29 bits per heavy atom. The van der Waals surface area contributed by atoms with Crippen molar-refractivity contribution in [3.63, 3.8) is 0 Å². The Bertz CT molecular complexity index is 434. The number of hydrogen-bond acceptors (Lipinski definition) is 4. The molecule has 5 heteroatoms. The highest BCUT2D eigenvalue weighted by Crippen LogP contribution is 2.21. The Labute approximate surface area is 100 Å². The van der Waals surface area contributed by atoms with Crippen LogP contribution in [0.3, 0.4) is 0 Å². The minimum atomic E-state index is -0.998. The summed E-state index contributed by atoms with van der Waals surface area (Å²) in [4.78, 5) is 21.3. The van der Waals surface area contributed by atoms with E-state index in [4.69, 9.17) is 5.11 Å². The molecular formula is C12H17N3O2. The second-order valence-corrected chi connectivity index (χ2v) is 4.66. The van der Waals surface area contributed by atoms with Crippen LogP contribution in [0.5, 0.6) is 0 Å². The van der Waals surface area contributed by atoms with Crippen LogP contribution in [0.25, 0.3) is 0 Å². The number of carboxylic acid groups (broad SMARTS) is 1. The number of aromatic nitrogens is 2. The molecule has 1 aliphatic rings. The molecule has 0 spiro atoms. The van der Waals surface area contributed by atoms with E-state index in [-0.39, 0.29) is 5.69 Å². The summed E-state index contributed by atoms with van der Waals surface area (Å²) in [7, 11) is 0. The number of anilines is 1. The molecule has 0 saturated carbocycles. The van der Waals surface area contributed by atoms with Crippen LogP contribution < -0.4 is 4.90 Å². The average molecular weight is 235 g/mol. The fourth-order valence-corrected chi connectivity index (χ4v) is 2.22. The number of carboxylic acids is 1. The van der Waals surface area contributed by atoms with Crippen molar-refractivity contribution in [1.29, 1.82) is 0 Å². The first-order chi connectivity index (χ1) is 8.06. The number of carbonyl (C=O) groups is 1. The predicted molar refractivity (Wildman–Crippen MR) is 64.3 cm³/mol. The first-order valence-electron chi connectivity index (χ1n) is 5.90. The zero-order valence-electron chi connectivity index (χ0n) is 10.2. The lowest BCUT2D eigenvalue weighted by molar-refractivity contribution is 0.0690. The Kier molecular flexibility index (Phi) is 3.26. The van der Waals surface area contributed by atoms with E-state index in [1.807, 2.05) is 0 Å². The molecule has 0 amide bonds. The van der Waals surface area contributed by atoms with E-state index in [2.05, 4.69) is 21.8 Å². The number of nitrogens with zero attached hydrogens (tertiary/aromatic N) is 3. The molecule has 17 heavy (non-hydrogen) atoms. The van der Waals surface area contributed by atoms with Crippen molar-refractivity contribution in [2.75, 3.05) is 18.0 Å². The van der Waals surface area contributed by atoms with Crippen LogP contribution in [0.1, 0.15) is 36.1 Å². The minimum Gasteiger partial charge on any atom is -0.477 e. The van der Waals surface area contributed by atoms with Gasteiger partial charge >= 0.3 is 5.97 Å². The van der Waals surface area contributed by atoms with Gasteiger partial charge in [-0.05, 0) is 25.7 Å². The third-order valence-corrected chi connectivity index (χ3v) is 3.02. The normalized spacial score (nSPS) is 20.4. The fraction of sp³-hybridized carbons (Fsp3) is 0.583. The van der Waals surface area contributed by atoms with Gasteiger partial charge in [-0.25, -0.2) is 14.8 Å². The number of aryl methyl sites for hydroxylation is 1. The minimum absolute atomic E-state index is 0.0747. The standard InChI is InChI=1S/C12H17N3O2/c1-8-4-3-5-15(7-8)11-6-10(12(16)17)13-9(2)14-11/h6,8H,3-5,7H2,1-2H3,(H,16,17). The fourth-order valence-electron chi connectivity index (χ4n) is 2.22. The molecule has 1 atom stereocenters. The van der Waals surface area contributed by atoms with E-state index >= 15 is 0 Å². The molecule has 1 fully saturated rings. The Hall–Kier alpha value is -1.65. The van der Waals surface area contributed by atoms with Crippen LogP contribution in [0, 0.1) is 12.8 Å². The van der Waals surface area contributed by atoms with Gasteiger partial charge in [-0.15, -0.1) is 0 Å². The largest absolute Gasteiger partial charge is 0.477 e.